The topological polar surface area (TPSA) is 130 Å². The third kappa shape index (κ3) is 5.44. The van der Waals surface area contributed by atoms with Crippen molar-refractivity contribution in [3.8, 4) is 0 Å². The largest absolute Gasteiger partial charge is 0.454 e. The summed E-state index contributed by atoms with van der Waals surface area (Å²) in [6.07, 6.45) is 4.93. The number of carbonyl (C=O) groups is 2. The summed E-state index contributed by atoms with van der Waals surface area (Å²) in [5, 5.41) is 29.5. The predicted octanol–water partition coefficient (Wildman–Crippen LogP) is 4.07. The molecule has 0 spiro atoms. The molecule has 3 heterocycles. The molecule has 0 unspecified atom stereocenters. The van der Waals surface area contributed by atoms with Crippen LogP contribution in [0.4, 0.5) is 5.69 Å². The van der Waals surface area contributed by atoms with Gasteiger partial charge in [0.15, 0.2) is 18.4 Å². The standard InChI is InChI=1S/C34H42ClN3O7/c1-18(14-22-8-7-13-36-17-22)23-12-11-20(3)34(42)25(23)15-19(2)29(43-21(4)39)30(34)44-31(40)27-16-33(41)24-9-6-10-26(35)28(24)38(5)45-32(33)37-27/h6-10,13,15,17-18,20,23,25,27,29-30,32,37,41-42H,11-12,14,16H2,1-5H3/t18-,20+,23-,25+,27-,29+,30-,32+,33+,34+/m0/s1. The van der Waals surface area contributed by atoms with Crippen molar-refractivity contribution in [2.75, 3.05) is 12.1 Å². The van der Waals surface area contributed by atoms with Crippen LogP contribution in [0.3, 0.4) is 0 Å². The van der Waals surface area contributed by atoms with Gasteiger partial charge >= 0.3 is 11.9 Å². The number of benzene rings is 1. The number of nitrogens with one attached hydrogen (secondary N) is 1. The summed E-state index contributed by atoms with van der Waals surface area (Å²) in [6.45, 7) is 7.30. The number of fused-ring (bicyclic) bond motifs is 4. The van der Waals surface area contributed by atoms with E-state index in [0.717, 1.165) is 24.0 Å². The molecule has 10 atom stereocenters. The summed E-state index contributed by atoms with van der Waals surface area (Å²) in [6, 6.07) is 8.22. The zero-order chi connectivity index (χ0) is 32.3. The minimum atomic E-state index is -1.56. The number of para-hydroxylation sites is 1. The molecule has 4 aliphatic rings. The van der Waals surface area contributed by atoms with E-state index in [4.69, 9.17) is 25.9 Å². The van der Waals surface area contributed by atoms with Gasteiger partial charge in [-0.25, -0.2) is 0 Å². The molecule has 10 nitrogen and oxygen atoms in total. The number of hydroxylamine groups is 1. The maximum absolute atomic E-state index is 14.0. The highest BCUT2D eigenvalue weighted by molar-refractivity contribution is 6.33. The Bertz CT molecular complexity index is 1490. The van der Waals surface area contributed by atoms with E-state index in [1.807, 2.05) is 32.2 Å². The highest BCUT2D eigenvalue weighted by Crippen LogP contribution is 2.53. The first kappa shape index (κ1) is 31.9. The van der Waals surface area contributed by atoms with E-state index in [1.54, 1.807) is 31.4 Å². The second kappa shape index (κ2) is 12.0. The molecule has 0 radical (unpaired) electrons. The molecule has 242 valence electrons. The van der Waals surface area contributed by atoms with E-state index < -0.39 is 47.6 Å². The zero-order valence-electron chi connectivity index (χ0n) is 26.3. The molecule has 2 fully saturated rings. The second-order valence-electron chi connectivity index (χ2n) is 13.4. The van der Waals surface area contributed by atoms with Crippen molar-refractivity contribution in [3.05, 3.63) is 70.5 Å². The SMILES string of the molecule is CC(=O)O[C@@H]1C(C)=C[C@@H]2[C@H]([C@@H](C)Cc3cccnc3)CC[C@@H](C)[C@]2(O)[C@H]1OC(=O)[C@@H]1C[C@@]2(O)c3cccc(Cl)c3N(C)O[C@H]2N1. The van der Waals surface area contributed by atoms with Gasteiger partial charge in [0.2, 0.25) is 0 Å². The van der Waals surface area contributed by atoms with E-state index in [9.17, 15) is 19.8 Å². The minimum absolute atomic E-state index is 0.0420. The molecule has 0 bridgehead atoms. The Hall–Kier alpha value is -3.02. The van der Waals surface area contributed by atoms with Gasteiger partial charge in [-0.3, -0.25) is 29.8 Å². The van der Waals surface area contributed by atoms with Gasteiger partial charge in [0.25, 0.3) is 0 Å². The van der Waals surface area contributed by atoms with Crippen LogP contribution in [-0.2, 0) is 35.9 Å². The fourth-order valence-electron chi connectivity index (χ4n) is 8.20. The fraction of sp³-hybridized carbons (Fsp3) is 0.559. The number of aliphatic hydroxyl groups is 2. The van der Waals surface area contributed by atoms with Crippen molar-refractivity contribution in [1.82, 2.24) is 10.3 Å². The van der Waals surface area contributed by atoms with Gasteiger partial charge in [0, 0.05) is 44.3 Å². The fourth-order valence-corrected chi connectivity index (χ4v) is 8.50. The lowest BCUT2D eigenvalue weighted by atomic mass is 9.55. The van der Waals surface area contributed by atoms with E-state index in [1.165, 1.54) is 12.0 Å². The molecule has 6 rings (SSSR count). The predicted molar refractivity (Wildman–Crippen MR) is 167 cm³/mol. The quantitative estimate of drug-likeness (QED) is 0.314. The Kier molecular flexibility index (Phi) is 8.50. The highest BCUT2D eigenvalue weighted by Gasteiger charge is 2.62. The van der Waals surface area contributed by atoms with Crippen molar-refractivity contribution in [2.45, 2.75) is 89.1 Å². The Morgan fingerprint density at radius 2 is 2.00 bits per heavy atom. The molecule has 1 saturated heterocycles. The number of aromatic nitrogens is 1. The van der Waals surface area contributed by atoms with E-state index in [-0.39, 0.29) is 30.1 Å². The summed E-state index contributed by atoms with van der Waals surface area (Å²) >= 11 is 6.44. The number of carbonyl (C=O) groups excluding carboxylic acids is 2. The zero-order valence-corrected chi connectivity index (χ0v) is 27.0. The normalized spacial score (nSPS) is 36.2. The number of nitrogens with zero attached hydrogens (tertiary/aromatic N) is 2. The maximum atomic E-state index is 14.0. The average Bonchev–Trinajstić information content (AvgIpc) is 3.34. The maximum Gasteiger partial charge on any atom is 0.323 e. The first-order valence-corrected chi connectivity index (χ1v) is 16.1. The van der Waals surface area contributed by atoms with Gasteiger partial charge in [0.1, 0.15) is 17.2 Å². The van der Waals surface area contributed by atoms with Crippen molar-refractivity contribution in [2.24, 2.45) is 23.7 Å². The first-order valence-electron chi connectivity index (χ1n) is 15.7. The Balaban J connectivity index is 1.30. The van der Waals surface area contributed by atoms with Crippen molar-refractivity contribution >= 4 is 29.2 Å². The monoisotopic (exact) mass is 639 g/mol. The summed E-state index contributed by atoms with van der Waals surface area (Å²) in [5.41, 5.74) is -0.150. The van der Waals surface area contributed by atoms with E-state index in [2.05, 4.69) is 23.3 Å². The molecule has 11 heteroatoms. The lowest BCUT2D eigenvalue weighted by Crippen LogP contribution is -2.66. The Labute approximate surface area is 268 Å². The van der Waals surface area contributed by atoms with Crippen LogP contribution in [0.1, 0.15) is 58.1 Å². The number of esters is 2. The number of halogens is 1. The summed E-state index contributed by atoms with van der Waals surface area (Å²) in [4.78, 5) is 36.5. The number of rotatable bonds is 6. The molecular weight excluding hydrogens is 598 g/mol. The van der Waals surface area contributed by atoms with Gasteiger partial charge < -0.3 is 19.7 Å². The molecule has 1 saturated carbocycles. The lowest BCUT2D eigenvalue weighted by molar-refractivity contribution is -0.225. The number of anilines is 1. The molecule has 2 aliphatic heterocycles. The molecule has 1 aromatic carbocycles. The lowest BCUT2D eigenvalue weighted by Gasteiger charge is -2.56. The van der Waals surface area contributed by atoms with Crippen molar-refractivity contribution in [3.63, 3.8) is 0 Å². The molecule has 0 amide bonds. The molecule has 1 aromatic heterocycles. The third-order valence-electron chi connectivity index (χ3n) is 10.5. The van der Waals surface area contributed by atoms with Gasteiger partial charge in [0.05, 0.1) is 10.7 Å². The molecule has 3 N–H and O–H groups in total. The number of pyridine rings is 1. The third-order valence-corrected chi connectivity index (χ3v) is 10.8. The molecular formula is C34H42ClN3O7. The van der Waals surface area contributed by atoms with Crippen LogP contribution >= 0.6 is 11.6 Å². The van der Waals surface area contributed by atoms with Crippen LogP contribution in [0, 0.1) is 23.7 Å². The molecule has 2 aromatic rings. The Morgan fingerprint density at radius 1 is 1.22 bits per heavy atom. The number of ether oxygens (including phenoxy) is 2. The van der Waals surface area contributed by atoms with Gasteiger partial charge in [-0.05, 0) is 67.2 Å². The van der Waals surface area contributed by atoms with Crippen LogP contribution in [0.2, 0.25) is 5.02 Å². The van der Waals surface area contributed by atoms with Crippen LogP contribution < -0.4 is 10.4 Å². The van der Waals surface area contributed by atoms with Gasteiger partial charge in [-0.1, -0.05) is 49.7 Å². The number of hydrogen-bond donors (Lipinski definition) is 3. The minimum Gasteiger partial charge on any atom is -0.454 e. The van der Waals surface area contributed by atoms with Gasteiger partial charge in [-0.15, -0.1) is 0 Å². The van der Waals surface area contributed by atoms with Crippen LogP contribution in [-0.4, -0.2) is 64.3 Å². The average molecular weight is 640 g/mol. The van der Waals surface area contributed by atoms with Crippen LogP contribution in [0.5, 0.6) is 0 Å². The Morgan fingerprint density at radius 3 is 2.71 bits per heavy atom. The van der Waals surface area contributed by atoms with Crippen LogP contribution in [0.15, 0.2) is 54.4 Å². The van der Waals surface area contributed by atoms with E-state index >= 15 is 0 Å². The summed E-state index contributed by atoms with van der Waals surface area (Å²) in [5.74, 6) is -1.52. The highest BCUT2D eigenvalue weighted by atomic mass is 35.5. The van der Waals surface area contributed by atoms with E-state index in [0.29, 0.717) is 22.7 Å². The first-order chi connectivity index (χ1) is 21.3. The molecule has 45 heavy (non-hydrogen) atoms. The number of hydrogen-bond acceptors (Lipinski definition) is 10. The van der Waals surface area contributed by atoms with Crippen molar-refractivity contribution < 1.29 is 34.1 Å². The molecule has 2 aliphatic carbocycles. The smallest absolute Gasteiger partial charge is 0.323 e. The summed E-state index contributed by atoms with van der Waals surface area (Å²) < 4.78 is 12.0. The second-order valence-corrected chi connectivity index (χ2v) is 13.8. The van der Waals surface area contributed by atoms with Crippen molar-refractivity contribution in [1.29, 1.82) is 0 Å². The summed E-state index contributed by atoms with van der Waals surface area (Å²) in [7, 11) is 1.68. The van der Waals surface area contributed by atoms with Gasteiger partial charge in [-0.2, -0.15) is 0 Å². The van der Waals surface area contributed by atoms with Crippen LogP contribution in [0.25, 0.3) is 0 Å².